The molecule has 28 valence electrons. The molecule has 0 aromatic rings. The van der Waals surface area contributed by atoms with E-state index >= 15 is 0 Å². The number of hydrazine groups is 1. The van der Waals surface area contributed by atoms with E-state index in [-0.39, 0.29) is 0 Å². The van der Waals surface area contributed by atoms with Crippen LogP contribution in [0.15, 0.2) is 5.10 Å². The minimum Gasteiger partial charge on any atom is -0.231 e. The third-order valence-corrected chi connectivity index (χ3v) is 0.499. The topological polar surface area (TPSA) is 41.6 Å². The number of nitrogens with two attached hydrogens (primary N) is 1. The molecule has 1 aliphatic rings. The van der Waals surface area contributed by atoms with E-state index in [2.05, 4.69) is 5.10 Å². The summed E-state index contributed by atoms with van der Waals surface area (Å²) < 4.78 is 0. The molecule has 1 aliphatic heterocycles. The van der Waals surface area contributed by atoms with Crippen LogP contribution in [-0.4, -0.2) is 17.9 Å². The van der Waals surface area contributed by atoms with Crippen LogP contribution in [0.3, 0.4) is 0 Å². The Kier molecular flexibility index (Phi) is 0.365. The van der Waals surface area contributed by atoms with Gasteiger partial charge in [-0.3, -0.25) is 0 Å². The van der Waals surface area contributed by atoms with Crippen molar-refractivity contribution in [1.82, 2.24) is 5.12 Å². The van der Waals surface area contributed by atoms with Crippen LogP contribution in [0.25, 0.3) is 0 Å². The largest absolute Gasteiger partial charge is 0.231 e. The maximum absolute atomic E-state index is 5.01. The fourth-order valence-electron chi connectivity index (χ4n) is 0.176. The smallest absolute Gasteiger partial charge is 0.0900 e. The second-order valence-corrected chi connectivity index (χ2v) is 0.920. The summed E-state index contributed by atoms with van der Waals surface area (Å²) in [7, 11) is 0. The van der Waals surface area contributed by atoms with Crippen LogP contribution in [0, 0.1) is 0 Å². The molecule has 1 rings (SSSR count). The van der Waals surface area contributed by atoms with Crippen molar-refractivity contribution >= 4 is 6.21 Å². The Labute approximate surface area is 30.0 Å². The summed E-state index contributed by atoms with van der Waals surface area (Å²) in [5, 5.41) is 4.93. The predicted molar refractivity (Wildman–Crippen MR) is 19.4 cm³/mol. The van der Waals surface area contributed by atoms with Crippen molar-refractivity contribution in [2.75, 3.05) is 6.54 Å². The second kappa shape index (κ2) is 0.687. The molecule has 0 aliphatic carbocycles. The van der Waals surface area contributed by atoms with Crippen LogP contribution in [0.5, 0.6) is 0 Å². The zero-order valence-corrected chi connectivity index (χ0v) is 2.76. The molecule has 0 atom stereocenters. The minimum absolute atomic E-state index is 0.806. The van der Waals surface area contributed by atoms with Crippen LogP contribution >= 0.6 is 0 Å². The fourth-order valence-corrected chi connectivity index (χ4v) is 0.176. The number of hydrogen-bond donors (Lipinski definition) is 1. The quantitative estimate of drug-likeness (QED) is 0.378. The Balaban J connectivity index is 2.39. The monoisotopic (exact) mass is 71.0 g/mol. The lowest BCUT2D eigenvalue weighted by atomic mass is 10.7. The SMILES string of the molecule is NN1CC=N1. The van der Waals surface area contributed by atoms with Gasteiger partial charge < -0.3 is 0 Å². The first kappa shape index (κ1) is 2.66. The Morgan fingerprint density at radius 1 is 2.00 bits per heavy atom. The van der Waals surface area contributed by atoms with Crippen molar-refractivity contribution in [2.24, 2.45) is 10.9 Å². The molecule has 0 spiro atoms. The van der Waals surface area contributed by atoms with Crippen molar-refractivity contribution in [3.05, 3.63) is 0 Å². The Hall–Kier alpha value is -0.570. The van der Waals surface area contributed by atoms with Crippen LogP contribution in [0.4, 0.5) is 0 Å². The molecule has 0 saturated heterocycles. The molecule has 3 heteroatoms. The van der Waals surface area contributed by atoms with Gasteiger partial charge in [0, 0.05) is 6.21 Å². The summed E-state index contributed by atoms with van der Waals surface area (Å²) in [4.78, 5) is 0. The van der Waals surface area contributed by atoms with Gasteiger partial charge in [-0.1, -0.05) is 0 Å². The fraction of sp³-hybridized carbons (Fsp3) is 0.500. The van der Waals surface area contributed by atoms with Gasteiger partial charge >= 0.3 is 0 Å². The van der Waals surface area contributed by atoms with Crippen LogP contribution in [0.2, 0.25) is 0 Å². The van der Waals surface area contributed by atoms with E-state index in [0.29, 0.717) is 0 Å². The minimum atomic E-state index is 0.806. The maximum atomic E-state index is 5.01. The van der Waals surface area contributed by atoms with Gasteiger partial charge in [-0.15, -0.1) is 0 Å². The zero-order chi connectivity index (χ0) is 3.70. The third kappa shape index (κ3) is 0.238. The highest BCUT2D eigenvalue weighted by Gasteiger charge is 1.94. The first-order chi connectivity index (χ1) is 2.39. The van der Waals surface area contributed by atoms with Gasteiger partial charge in [-0.25, -0.2) is 11.0 Å². The number of hydrogen-bond acceptors (Lipinski definition) is 3. The molecule has 1 heterocycles. The Morgan fingerprint density at radius 3 is 2.40 bits per heavy atom. The number of rotatable bonds is 0. The maximum Gasteiger partial charge on any atom is 0.0900 e. The van der Waals surface area contributed by atoms with E-state index in [4.69, 9.17) is 5.84 Å². The molecule has 5 heavy (non-hydrogen) atoms. The standard InChI is InChI=1S/C2H5N3/c3-5-2-1-4-5/h1H,2-3H2. The molecule has 0 aromatic heterocycles. The Morgan fingerprint density at radius 2 is 2.40 bits per heavy atom. The normalized spacial score (nSPS) is 19.0. The van der Waals surface area contributed by atoms with Crippen molar-refractivity contribution in [3.8, 4) is 0 Å². The molecule has 0 aromatic carbocycles. The van der Waals surface area contributed by atoms with Gasteiger partial charge in [-0.2, -0.15) is 5.10 Å². The van der Waals surface area contributed by atoms with Gasteiger partial charge in [0.1, 0.15) is 0 Å². The summed E-state index contributed by atoms with van der Waals surface area (Å²) in [6.07, 6.45) is 1.75. The lowest BCUT2D eigenvalue weighted by Gasteiger charge is -2.14. The van der Waals surface area contributed by atoms with Gasteiger partial charge in [0.25, 0.3) is 0 Å². The third-order valence-electron chi connectivity index (χ3n) is 0.499. The highest BCUT2D eigenvalue weighted by Crippen LogP contribution is 1.82. The van der Waals surface area contributed by atoms with Crippen LogP contribution in [-0.2, 0) is 0 Å². The predicted octanol–water partition coefficient (Wildman–Crippen LogP) is -0.839. The van der Waals surface area contributed by atoms with E-state index in [1.807, 2.05) is 0 Å². The molecular formula is C2H5N3. The summed E-state index contributed by atoms with van der Waals surface area (Å²) in [6, 6.07) is 0. The van der Waals surface area contributed by atoms with Crippen LogP contribution in [0.1, 0.15) is 0 Å². The van der Waals surface area contributed by atoms with Gasteiger partial charge in [-0.05, 0) is 0 Å². The molecule has 0 bridgehead atoms. The summed E-state index contributed by atoms with van der Waals surface area (Å²) in [5.74, 6) is 5.01. The van der Waals surface area contributed by atoms with E-state index < -0.39 is 0 Å². The molecule has 0 fully saturated rings. The summed E-state index contributed by atoms with van der Waals surface area (Å²) in [6.45, 7) is 0.806. The van der Waals surface area contributed by atoms with Crippen LogP contribution < -0.4 is 5.84 Å². The van der Waals surface area contributed by atoms with Gasteiger partial charge in [0.05, 0.1) is 6.54 Å². The molecule has 3 nitrogen and oxygen atoms in total. The van der Waals surface area contributed by atoms with E-state index in [1.165, 1.54) is 5.12 Å². The van der Waals surface area contributed by atoms with Gasteiger partial charge in [0.15, 0.2) is 0 Å². The number of hydrazone groups is 1. The van der Waals surface area contributed by atoms with Crippen molar-refractivity contribution < 1.29 is 0 Å². The van der Waals surface area contributed by atoms with Crippen molar-refractivity contribution in [1.29, 1.82) is 0 Å². The molecule has 0 radical (unpaired) electrons. The zero-order valence-electron chi connectivity index (χ0n) is 2.76. The van der Waals surface area contributed by atoms with Gasteiger partial charge in [0.2, 0.25) is 0 Å². The van der Waals surface area contributed by atoms with Crippen molar-refractivity contribution in [3.63, 3.8) is 0 Å². The molecule has 0 saturated carbocycles. The molecule has 0 amide bonds. The van der Waals surface area contributed by atoms with E-state index in [0.717, 1.165) is 6.54 Å². The molecular weight excluding hydrogens is 66.0 g/mol. The van der Waals surface area contributed by atoms with E-state index in [1.54, 1.807) is 6.21 Å². The molecule has 2 N–H and O–H groups in total. The Bertz CT molecular complexity index is 57.9. The lowest BCUT2D eigenvalue weighted by Crippen LogP contribution is -2.34. The highest BCUT2D eigenvalue weighted by molar-refractivity contribution is 5.63. The summed E-state index contributed by atoms with van der Waals surface area (Å²) in [5.41, 5.74) is 0. The summed E-state index contributed by atoms with van der Waals surface area (Å²) >= 11 is 0. The first-order valence-corrected chi connectivity index (χ1v) is 1.44. The highest BCUT2D eigenvalue weighted by atomic mass is 15.7. The van der Waals surface area contributed by atoms with Crippen molar-refractivity contribution in [2.45, 2.75) is 0 Å². The molecule has 0 unspecified atom stereocenters. The number of nitrogens with zero attached hydrogens (tertiary/aromatic N) is 2. The first-order valence-electron chi connectivity index (χ1n) is 1.44. The average molecular weight is 71.1 g/mol. The average Bonchev–Trinajstić information content (AvgIpc) is 1.30. The lowest BCUT2D eigenvalue weighted by molar-refractivity contribution is 0.310. The second-order valence-electron chi connectivity index (χ2n) is 0.920. The van der Waals surface area contributed by atoms with E-state index in [9.17, 15) is 0 Å².